The van der Waals surface area contributed by atoms with Crippen molar-refractivity contribution in [2.45, 2.75) is 12.0 Å². The minimum Gasteiger partial charge on any atom is -0.453 e. The fraction of sp³-hybridized carbons (Fsp3) is 0.111. The van der Waals surface area contributed by atoms with Gasteiger partial charge in [0.15, 0.2) is 11.4 Å². The van der Waals surface area contributed by atoms with Crippen molar-refractivity contribution in [1.29, 1.82) is 0 Å². The minimum atomic E-state index is -1.98. The molecule has 1 amide bonds. The molecule has 0 radical (unpaired) electrons. The van der Waals surface area contributed by atoms with E-state index in [1.54, 1.807) is 30.3 Å². The van der Waals surface area contributed by atoms with Gasteiger partial charge in [-0.25, -0.2) is 0 Å². The van der Waals surface area contributed by atoms with Crippen molar-refractivity contribution >= 4 is 55.9 Å². The summed E-state index contributed by atoms with van der Waals surface area (Å²) >= 11 is 9.32. The predicted octanol–water partition coefficient (Wildman–Crippen LogP) is 4.26. The molecule has 2 aromatic carbocycles. The number of benzene rings is 2. The highest BCUT2D eigenvalue weighted by molar-refractivity contribution is 9.10. The van der Waals surface area contributed by atoms with Crippen LogP contribution in [0.4, 0.5) is 5.69 Å². The second-order valence-corrected chi connectivity index (χ2v) is 7.25. The topological polar surface area (TPSA) is 79.5 Å². The number of halogens is 2. The van der Waals surface area contributed by atoms with Gasteiger partial charge in [-0.05, 0) is 42.5 Å². The first-order valence-electron chi connectivity index (χ1n) is 7.43. The lowest BCUT2D eigenvalue weighted by molar-refractivity contribution is -0.133. The molecule has 5 nitrogen and oxygen atoms in total. The van der Waals surface area contributed by atoms with E-state index in [9.17, 15) is 14.7 Å². The maximum atomic E-state index is 12.6. The Kier molecular flexibility index (Phi) is 3.72. The third-order valence-electron chi connectivity index (χ3n) is 4.22. The van der Waals surface area contributed by atoms with Gasteiger partial charge in [0, 0.05) is 26.1 Å². The zero-order chi connectivity index (χ0) is 17.8. The number of aliphatic hydroxyl groups is 1. The smallest absolute Gasteiger partial charge is 0.261 e. The Labute approximate surface area is 155 Å². The third kappa shape index (κ3) is 2.66. The molecule has 4 rings (SSSR count). The van der Waals surface area contributed by atoms with Crippen LogP contribution in [0.5, 0.6) is 0 Å². The van der Waals surface area contributed by atoms with Crippen molar-refractivity contribution < 1.29 is 19.1 Å². The zero-order valence-electron chi connectivity index (χ0n) is 12.7. The lowest BCUT2D eigenvalue weighted by Gasteiger charge is -2.19. The van der Waals surface area contributed by atoms with E-state index in [1.807, 2.05) is 6.07 Å². The highest BCUT2D eigenvalue weighted by Crippen LogP contribution is 2.40. The number of rotatable bonds is 3. The molecule has 0 fully saturated rings. The summed E-state index contributed by atoms with van der Waals surface area (Å²) in [7, 11) is 0. The molecule has 0 saturated carbocycles. The monoisotopic (exact) mass is 419 g/mol. The van der Waals surface area contributed by atoms with Gasteiger partial charge in [0.2, 0.25) is 5.78 Å². The standard InChI is InChI=1S/C18H11BrClNO4/c19-10-1-4-15-9(5-10)6-16(25-15)14(22)8-18(24)12-7-11(20)2-3-13(12)21-17(18)23/h1-7,24H,8H2,(H,21,23). The predicted molar refractivity (Wildman–Crippen MR) is 96.8 cm³/mol. The van der Waals surface area contributed by atoms with Crippen LogP contribution in [0.15, 0.2) is 51.4 Å². The second kappa shape index (κ2) is 5.69. The van der Waals surface area contributed by atoms with Crippen molar-refractivity contribution in [3.05, 3.63) is 63.3 Å². The van der Waals surface area contributed by atoms with Crippen LogP contribution in [0.1, 0.15) is 22.5 Å². The Bertz CT molecular complexity index is 1040. The summed E-state index contributed by atoms with van der Waals surface area (Å²) in [6, 6.07) is 11.6. The number of hydrogen-bond acceptors (Lipinski definition) is 4. The van der Waals surface area contributed by atoms with Crippen molar-refractivity contribution in [3.63, 3.8) is 0 Å². The number of carbonyl (C=O) groups excluding carboxylic acids is 2. The van der Waals surface area contributed by atoms with E-state index in [-0.39, 0.29) is 11.3 Å². The highest BCUT2D eigenvalue weighted by atomic mass is 79.9. The van der Waals surface area contributed by atoms with Crippen molar-refractivity contribution in [1.82, 2.24) is 0 Å². The summed E-state index contributed by atoms with van der Waals surface area (Å²) in [5.41, 5.74) is -0.690. The summed E-state index contributed by atoms with van der Waals surface area (Å²) in [6.07, 6.45) is -0.437. The molecule has 1 atom stereocenters. The Morgan fingerprint density at radius 2 is 2.04 bits per heavy atom. The van der Waals surface area contributed by atoms with E-state index in [0.29, 0.717) is 16.3 Å². The van der Waals surface area contributed by atoms with Crippen LogP contribution in [0.25, 0.3) is 11.0 Å². The van der Waals surface area contributed by atoms with Crippen LogP contribution in [0.2, 0.25) is 5.02 Å². The maximum Gasteiger partial charge on any atom is 0.261 e. The van der Waals surface area contributed by atoms with Crippen molar-refractivity contribution in [2.24, 2.45) is 0 Å². The van der Waals surface area contributed by atoms with Gasteiger partial charge in [-0.3, -0.25) is 9.59 Å². The van der Waals surface area contributed by atoms with Gasteiger partial charge in [0.25, 0.3) is 5.91 Å². The van der Waals surface area contributed by atoms with E-state index >= 15 is 0 Å². The Hall–Kier alpha value is -2.15. The molecule has 0 saturated heterocycles. The number of anilines is 1. The average molecular weight is 421 g/mol. The van der Waals surface area contributed by atoms with Gasteiger partial charge in [-0.15, -0.1) is 0 Å². The quantitative estimate of drug-likeness (QED) is 0.621. The van der Waals surface area contributed by atoms with Crippen LogP contribution in [0, 0.1) is 0 Å². The molecule has 2 N–H and O–H groups in total. The molecular weight excluding hydrogens is 410 g/mol. The molecule has 3 aromatic rings. The SMILES string of the molecule is O=C(CC1(O)C(=O)Nc2ccc(Cl)cc21)c1cc2cc(Br)ccc2o1. The van der Waals surface area contributed by atoms with Gasteiger partial charge in [0.1, 0.15) is 5.58 Å². The molecule has 1 aliphatic heterocycles. The van der Waals surface area contributed by atoms with Gasteiger partial charge >= 0.3 is 0 Å². The number of nitrogens with one attached hydrogen (secondary N) is 1. The molecule has 7 heteroatoms. The number of amides is 1. The fourth-order valence-corrected chi connectivity index (χ4v) is 3.51. The molecule has 25 heavy (non-hydrogen) atoms. The Morgan fingerprint density at radius 1 is 1.24 bits per heavy atom. The molecular formula is C18H11BrClNO4. The fourth-order valence-electron chi connectivity index (χ4n) is 2.96. The third-order valence-corrected chi connectivity index (χ3v) is 4.95. The minimum absolute atomic E-state index is 0.0878. The lowest BCUT2D eigenvalue weighted by Crippen LogP contribution is -2.36. The van der Waals surface area contributed by atoms with E-state index in [0.717, 1.165) is 9.86 Å². The summed E-state index contributed by atoms with van der Waals surface area (Å²) in [5.74, 6) is -1.04. The second-order valence-electron chi connectivity index (χ2n) is 5.90. The number of ketones is 1. The van der Waals surface area contributed by atoms with E-state index in [4.69, 9.17) is 16.0 Å². The number of Topliss-reactive ketones (excluding diaryl/α,β-unsaturated/α-hetero) is 1. The molecule has 0 aliphatic carbocycles. The summed E-state index contributed by atoms with van der Waals surface area (Å²) in [4.78, 5) is 24.9. The van der Waals surface area contributed by atoms with Crippen LogP contribution < -0.4 is 5.32 Å². The van der Waals surface area contributed by atoms with Crippen molar-refractivity contribution in [2.75, 3.05) is 5.32 Å². The molecule has 1 aromatic heterocycles. The van der Waals surface area contributed by atoms with Crippen molar-refractivity contribution in [3.8, 4) is 0 Å². The van der Waals surface area contributed by atoms with Gasteiger partial charge in [-0.1, -0.05) is 27.5 Å². The highest BCUT2D eigenvalue weighted by Gasteiger charge is 2.47. The first-order valence-corrected chi connectivity index (χ1v) is 8.60. The Balaban J connectivity index is 1.70. The first kappa shape index (κ1) is 16.3. The van der Waals surface area contributed by atoms with E-state index in [2.05, 4.69) is 21.2 Å². The van der Waals surface area contributed by atoms with E-state index < -0.39 is 23.7 Å². The lowest BCUT2D eigenvalue weighted by atomic mass is 9.89. The first-order chi connectivity index (χ1) is 11.9. The molecule has 2 heterocycles. The molecule has 1 unspecified atom stereocenters. The van der Waals surface area contributed by atoms with Crippen LogP contribution >= 0.6 is 27.5 Å². The molecule has 1 aliphatic rings. The van der Waals surface area contributed by atoms with E-state index in [1.165, 1.54) is 6.07 Å². The number of hydrogen-bond donors (Lipinski definition) is 2. The molecule has 126 valence electrons. The van der Waals surface area contributed by atoms with Gasteiger partial charge < -0.3 is 14.8 Å². The number of carbonyl (C=O) groups is 2. The summed E-state index contributed by atoms with van der Waals surface area (Å²) in [6.45, 7) is 0. The Morgan fingerprint density at radius 3 is 2.84 bits per heavy atom. The van der Waals surface area contributed by atoms with Gasteiger partial charge in [-0.2, -0.15) is 0 Å². The van der Waals surface area contributed by atoms with Crippen LogP contribution in [-0.2, 0) is 10.4 Å². The van der Waals surface area contributed by atoms with Crippen LogP contribution in [-0.4, -0.2) is 16.8 Å². The van der Waals surface area contributed by atoms with Crippen LogP contribution in [0.3, 0.4) is 0 Å². The normalized spacial score (nSPS) is 19.1. The largest absolute Gasteiger partial charge is 0.453 e. The summed E-state index contributed by atoms with van der Waals surface area (Å²) in [5, 5.41) is 14.5. The van der Waals surface area contributed by atoms with Gasteiger partial charge in [0.05, 0.1) is 6.42 Å². The number of furan rings is 1. The maximum absolute atomic E-state index is 12.6. The molecule has 0 spiro atoms. The summed E-state index contributed by atoms with van der Waals surface area (Å²) < 4.78 is 6.41. The average Bonchev–Trinajstić information content (AvgIpc) is 3.08. The zero-order valence-corrected chi connectivity index (χ0v) is 15.0. The number of fused-ring (bicyclic) bond motifs is 2. The molecule has 0 bridgehead atoms.